The summed E-state index contributed by atoms with van der Waals surface area (Å²) >= 11 is 0. The summed E-state index contributed by atoms with van der Waals surface area (Å²) < 4.78 is 5.94. The average Bonchev–Trinajstić information content (AvgIpc) is 2.96. The first kappa shape index (κ1) is 12.8. The van der Waals surface area contributed by atoms with Crippen molar-refractivity contribution in [1.82, 2.24) is 14.9 Å². The van der Waals surface area contributed by atoms with E-state index in [0.29, 0.717) is 41.5 Å². The molecule has 3 saturated heterocycles. The molecule has 2 bridgehead atoms. The number of carbonyl (C=O) groups is 1. The van der Waals surface area contributed by atoms with Crippen LogP contribution in [0.2, 0.25) is 0 Å². The number of carbonyl (C=O) groups excluding carboxylic acids is 1. The van der Waals surface area contributed by atoms with Gasteiger partial charge in [0.2, 0.25) is 0 Å². The SMILES string of the molecule is O=C(c1cc(=O)[nH]c(C2CC2)n1)N1C[C@@H]2[C@H](C1)[C@H]1CC[C@@H]2O1. The third-order valence-corrected chi connectivity index (χ3v) is 5.68. The number of amides is 1. The summed E-state index contributed by atoms with van der Waals surface area (Å²) in [5.41, 5.74) is 0.0851. The summed E-state index contributed by atoms with van der Waals surface area (Å²) in [5, 5.41) is 0. The van der Waals surface area contributed by atoms with Crippen LogP contribution in [0.1, 0.15) is 47.9 Å². The van der Waals surface area contributed by atoms with Gasteiger partial charge in [-0.1, -0.05) is 0 Å². The van der Waals surface area contributed by atoms with Gasteiger partial charge in [-0.15, -0.1) is 0 Å². The van der Waals surface area contributed by atoms with E-state index in [9.17, 15) is 9.59 Å². The minimum atomic E-state index is -0.219. The zero-order valence-electron chi connectivity index (χ0n) is 12.3. The molecule has 6 nitrogen and oxygen atoms in total. The van der Waals surface area contributed by atoms with Crippen molar-refractivity contribution in [3.63, 3.8) is 0 Å². The van der Waals surface area contributed by atoms with Crippen LogP contribution in [0.4, 0.5) is 0 Å². The molecule has 3 aliphatic heterocycles. The van der Waals surface area contributed by atoms with Crippen LogP contribution < -0.4 is 5.56 Å². The highest BCUT2D eigenvalue weighted by molar-refractivity contribution is 5.92. The second kappa shape index (κ2) is 4.41. The van der Waals surface area contributed by atoms with Gasteiger partial charge >= 0.3 is 0 Å². The number of fused-ring (bicyclic) bond motifs is 5. The molecule has 4 atom stereocenters. The summed E-state index contributed by atoms with van der Waals surface area (Å²) in [6, 6.07) is 1.34. The molecule has 4 heterocycles. The molecule has 1 N–H and O–H groups in total. The topological polar surface area (TPSA) is 75.3 Å². The standard InChI is InChI=1S/C16H19N3O3/c20-14-5-11(17-15(18-14)8-1-2-8)16(21)19-6-9-10(7-19)13-4-3-12(9)22-13/h5,8-10,12-13H,1-4,6-7H2,(H,17,18,20)/t9-,10+,12+,13-. The number of aromatic nitrogens is 2. The van der Waals surface area contributed by atoms with Gasteiger partial charge in [0.1, 0.15) is 11.5 Å². The Kier molecular flexibility index (Phi) is 2.57. The van der Waals surface area contributed by atoms with Crippen LogP contribution in [0.3, 0.4) is 0 Å². The zero-order chi connectivity index (χ0) is 14.8. The van der Waals surface area contributed by atoms with Gasteiger partial charge in [-0.05, 0) is 25.7 Å². The van der Waals surface area contributed by atoms with E-state index in [0.717, 1.165) is 38.8 Å². The fraction of sp³-hybridized carbons (Fsp3) is 0.688. The zero-order valence-corrected chi connectivity index (χ0v) is 12.3. The quantitative estimate of drug-likeness (QED) is 0.880. The molecule has 1 aromatic heterocycles. The lowest BCUT2D eigenvalue weighted by molar-refractivity contribution is 0.0590. The number of likely N-dealkylation sites (tertiary alicyclic amines) is 1. The second-order valence-corrected chi connectivity index (χ2v) is 7.12. The number of rotatable bonds is 2. The second-order valence-electron chi connectivity index (χ2n) is 7.12. The number of aromatic amines is 1. The predicted molar refractivity (Wildman–Crippen MR) is 77.6 cm³/mol. The molecule has 1 saturated carbocycles. The summed E-state index contributed by atoms with van der Waals surface area (Å²) in [6.07, 6.45) is 5.03. The maximum absolute atomic E-state index is 12.7. The number of H-pyrrole nitrogens is 1. The first-order chi connectivity index (χ1) is 10.7. The Hall–Kier alpha value is -1.69. The lowest BCUT2D eigenvalue weighted by Crippen LogP contribution is -2.33. The van der Waals surface area contributed by atoms with Gasteiger partial charge in [-0.2, -0.15) is 0 Å². The Labute approximate surface area is 127 Å². The summed E-state index contributed by atoms with van der Waals surface area (Å²) in [4.78, 5) is 33.6. The fourth-order valence-corrected chi connectivity index (χ4v) is 4.42. The molecule has 1 aliphatic carbocycles. The van der Waals surface area contributed by atoms with Crippen LogP contribution in [0, 0.1) is 11.8 Å². The van der Waals surface area contributed by atoms with E-state index in [1.54, 1.807) is 0 Å². The van der Waals surface area contributed by atoms with Gasteiger partial charge in [0.15, 0.2) is 0 Å². The monoisotopic (exact) mass is 301 g/mol. The molecular weight excluding hydrogens is 282 g/mol. The Morgan fingerprint density at radius 2 is 1.86 bits per heavy atom. The van der Waals surface area contributed by atoms with E-state index >= 15 is 0 Å². The third-order valence-electron chi connectivity index (χ3n) is 5.68. The van der Waals surface area contributed by atoms with Crippen molar-refractivity contribution in [2.24, 2.45) is 11.8 Å². The van der Waals surface area contributed by atoms with Gasteiger partial charge in [-0.25, -0.2) is 4.98 Å². The molecule has 4 fully saturated rings. The highest BCUT2D eigenvalue weighted by Gasteiger charge is 2.53. The van der Waals surface area contributed by atoms with Crippen molar-refractivity contribution < 1.29 is 9.53 Å². The van der Waals surface area contributed by atoms with Gasteiger partial charge < -0.3 is 14.6 Å². The van der Waals surface area contributed by atoms with E-state index in [1.807, 2.05) is 4.90 Å². The molecule has 1 aromatic rings. The molecule has 0 unspecified atom stereocenters. The lowest BCUT2D eigenvalue weighted by atomic mass is 9.82. The maximum atomic E-state index is 12.7. The normalized spacial score (nSPS) is 35.9. The minimum Gasteiger partial charge on any atom is -0.374 e. The molecule has 6 heteroatoms. The van der Waals surface area contributed by atoms with Crippen molar-refractivity contribution >= 4 is 5.91 Å². The largest absolute Gasteiger partial charge is 0.374 e. The van der Waals surface area contributed by atoms with Crippen LogP contribution in [0.15, 0.2) is 10.9 Å². The molecular formula is C16H19N3O3. The summed E-state index contributed by atoms with van der Waals surface area (Å²) in [7, 11) is 0. The van der Waals surface area contributed by atoms with Crippen molar-refractivity contribution in [3.05, 3.63) is 27.9 Å². The Morgan fingerprint density at radius 3 is 2.50 bits per heavy atom. The third kappa shape index (κ3) is 1.86. The van der Waals surface area contributed by atoms with E-state index in [-0.39, 0.29) is 11.5 Å². The van der Waals surface area contributed by atoms with Crippen molar-refractivity contribution in [1.29, 1.82) is 0 Å². The van der Waals surface area contributed by atoms with Crippen LogP contribution in [0.25, 0.3) is 0 Å². The Morgan fingerprint density at radius 1 is 1.18 bits per heavy atom. The van der Waals surface area contributed by atoms with Gasteiger partial charge in [-0.3, -0.25) is 9.59 Å². The molecule has 0 radical (unpaired) electrons. The molecule has 116 valence electrons. The molecule has 5 rings (SSSR count). The van der Waals surface area contributed by atoms with Gasteiger partial charge in [0.05, 0.1) is 12.2 Å². The number of nitrogens with zero attached hydrogens (tertiary/aromatic N) is 2. The summed E-state index contributed by atoms with van der Waals surface area (Å²) in [6.45, 7) is 1.50. The molecule has 0 aromatic carbocycles. The molecule has 4 aliphatic rings. The molecule has 22 heavy (non-hydrogen) atoms. The van der Waals surface area contributed by atoms with E-state index in [4.69, 9.17) is 4.74 Å². The fourth-order valence-electron chi connectivity index (χ4n) is 4.42. The smallest absolute Gasteiger partial charge is 0.272 e. The van der Waals surface area contributed by atoms with Crippen LogP contribution in [-0.2, 0) is 4.74 Å². The average molecular weight is 301 g/mol. The number of ether oxygens (including phenoxy) is 1. The number of hydrogen-bond donors (Lipinski definition) is 1. The van der Waals surface area contributed by atoms with E-state index < -0.39 is 0 Å². The first-order valence-corrected chi connectivity index (χ1v) is 8.25. The van der Waals surface area contributed by atoms with Gasteiger partial charge in [0.25, 0.3) is 11.5 Å². The summed E-state index contributed by atoms with van der Waals surface area (Å²) in [5.74, 6) is 1.88. The van der Waals surface area contributed by atoms with Crippen molar-refractivity contribution in [2.75, 3.05) is 13.1 Å². The van der Waals surface area contributed by atoms with E-state index in [2.05, 4.69) is 9.97 Å². The Balaban J connectivity index is 1.40. The van der Waals surface area contributed by atoms with Crippen LogP contribution >= 0.6 is 0 Å². The first-order valence-electron chi connectivity index (χ1n) is 8.25. The lowest BCUT2D eigenvalue weighted by Gasteiger charge is -2.18. The predicted octanol–water partition coefficient (Wildman–Crippen LogP) is 0.897. The highest BCUT2D eigenvalue weighted by Crippen LogP contribution is 2.47. The Bertz CT molecular complexity index is 678. The van der Waals surface area contributed by atoms with E-state index in [1.165, 1.54) is 6.07 Å². The number of nitrogens with one attached hydrogen (secondary N) is 1. The van der Waals surface area contributed by atoms with Crippen molar-refractivity contribution in [2.45, 2.75) is 43.8 Å². The molecule has 1 amide bonds. The molecule has 0 spiro atoms. The highest BCUT2D eigenvalue weighted by atomic mass is 16.5. The minimum absolute atomic E-state index is 0.0956. The van der Waals surface area contributed by atoms with Crippen molar-refractivity contribution in [3.8, 4) is 0 Å². The number of hydrogen-bond acceptors (Lipinski definition) is 4. The van der Waals surface area contributed by atoms with Crippen LogP contribution in [-0.4, -0.2) is 46.1 Å². The van der Waals surface area contributed by atoms with Crippen LogP contribution in [0.5, 0.6) is 0 Å². The van der Waals surface area contributed by atoms with Gasteiger partial charge in [0, 0.05) is 36.9 Å². The maximum Gasteiger partial charge on any atom is 0.272 e.